The zero-order chi connectivity index (χ0) is 22.5. The number of esters is 2. The first-order valence-corrected chi connectivity index (χ1v) is 10.6. The number of aryl methyl sites for hydroxylation is 1. The van der Waals surface area contributed by atoms with Crippen molar-refractivity contribution in [2.45, 2.75) is 26.2 Å². The lowest BCUT2D eigenvalue weighted by molar-refractivity contribution is -0.137. The molecular formula is C24H32N2O5. The smallest absolute Gasteiger partial charge is 0.336 e. The monoisotopic (exact) mass is 428 g/mol. The molecule has 7 nitrogen and oxygen atoms in total. The normalized spacial score (nSPS) is 20.2. The second kappa shape index (κ2) is 10.1. The molecule has 0 spiro atoms. The van der Waals surface area contributed by atoms with Crippen molar-refractivity contribution < 1.29 is 23.8 Å². The van der Waals surface area contributed by atoms with Gasteiger partial charge in [-0.25, -0.2) is 9.59 Å². The van der Waals surface area contributed by atoms with Crippen molar-refractivity contribution in [1.82, 2.24) is 9.80 Å². The Labute approximate surface area is 184 Å². The molecule has 1 atom stereocenters. The molecule has 0 aromatic heterocycles. The third-order valence-corrected chi connectivity index (χ3v) is 6.26. The molecule has 0 saturated carbocycles. The molecule has 1 unspecified atom stereocenters. The van der Waals surface area contributed by atoms with E-state index in [0.29, 0.717) is 17.6 Å². The highest BCUT2D eigenvalue weighted by Gasteiger charge is 2.41. The highest BCUT2D eigenvalue weighted by molar-refractivity contribution is 6.00. The maximum atomic E-state index is 13.1. The number of ether oxygens (including phenoxy) is 3. The van der Waals surface area contributed by atoms with Gasteiger partial charge in [0.1, 0.15) is 0 Å². The average molecular weight is 429 g/mol. The van der Waals surface area contributed by atoms with E-state index in [1.807, 2.05) is 50.1 Å². The van der Waals surface area contributed by atoms with Crippen molar-refractivity contribution in [3.05, 3.63) is 57.9 Å². The van der Waals surface area contributed by atoms with Crippen molar-refractivity contribution in [2.24, 2.45) is 0 Å². The summed E-state index contributed by atoms with van der Waals surface area (Å²) >= 11 is 0. The Balaban J connectivity index is 2.13. The zero-order valence-corrected chi connectivity index (χ0v) is 19.1. The van der Waals surface area contributed by atoms with Crippen LogP contribution in [0, 0.1) is 6.92 Å². The summed E-state index contributed by atoms with van der Waals surface area (Å²) in [5.74, 6) is -1.41. The van der Waals surface area contributed by atoms with Crippen molar-refractivity contribution in [1.29, 1.82) is 0 Å². The van der Waals surface area contributed by atoms with Crippen molar-refractivity contribution in [3.8, 4) is 0 Å². The van der Waals surface area contributed by atoms with Crippen LogP contribution in [0.15, 0.2) is 46.8 Å². The van der Waals surface area contributed by atoms with Gasteiger partial charge in [-0.2, -0.15) is 0 Å². The molecule has 2 aliphatic heterocycles. The molecule has 1 aromatic rings. The van der Waals surface area contributed by atoms with Gasteiger partial charge in [-0.3, -0.25) is 4.90 Å². The SMILES string of the molecule is COC(=O)C1=C(C)N(C)C(CCN2CCOCC2)=C(C(=O)OC)C1c1ccccc1C. The molecule has 1 fully saturated rings. The predicted octanol–water partition coefficient (Wildman–Crippen LogP) is 2.62. The molecular weight excluding hydrogens is 396 g/mol. The predicted molar refractivity (Wildman–Crippen MR) is 117 cm³/mol. The summed E-state index contributed by atoms with van der Waals surface area (Å²) in [7, 11) is 4.64. The minimum Gasteiger partial charge on any atom is -0.466 e. The fraction of sp³-hybridized carbons (Fsp3) is 0.500. The maximum absolute atomic E-state index is 13.1. The maximum Gasteiger partial charge on any atom is 0.336 e. The Hall–Kier alpha value is -2.64. The van der Waals surface area contributed by atoms with Gasteiger partial charge in [-0.1, -0.05) is 24.3 Å². The van der Waals surface area contributed by atoms with E-state index in [1.54, 1.807) is 0 Å². The van der Waals surface area contributed by atoms with Crippen LogP contribution in [-0.4, -0.2) is 75.9 Å². The molecule has 7 heteroatoms. The van der Waals surface area contributed by atoms with Crippen LogP contribution in [0.1, 0.15) is 30.4 Å². The third kappa shape index (κ3) is 4.67. The van der Waals surface area contributed by atoms with E-state index in [2.05, 4.69) is 4.90 Å². The van der Waals surface area contributed by atoms with E-state index in [9.17, 15) is 9.59 Å². The number of hydrogen-bond donors (Lipinski definition) is 0. The Morgan fingerprint density at radius 2 is 1.65 bits per heavy atom. The van der Waals surface area contributed by atoms with E-state index in [4.69, 9.17) is 14.2 Å². The lowest BCUT2D eigenvalue weighted by Crippen LogP contribution is -2.39. The van der Waals surface area contributed by atoms with Gasteiger partial charge in [0.2, 0.25) is 0 Å². The first-order chi connectivity index (χ1) is 14.9. The lowest BCUT2D eigenvalue weighted by atomic mass is 9.77. The van der Waals surface area contributed by atoms with E-state index in [0.717, 1.165) is 55.4 Å². The Bertz CT molecular complexity index is 899. The van der Waals surface area contributed by atoms with E-state index < -0.39 is 17.9 Å². The quantitative estimate of drug-likeness (QED) is 0.645. The van der Waals surface area contributed by atoms with Crippen LogP contribution in [0.3, 0.4) is 0 Å². The topological polar surface area (TPSA) is 68.3 Å². The molecule has 0 radical (unpaired) electrons. The number of carbonyl (C=O) groups is 2. The van der Waals surface area contributed by atoms with Gasteiger partial charge in [0.05, 0.1) is 44.5 Å². The van der Waals surface area contributed by atoms with Gasteiger partial charge in [-0.05, 0) is 25.0 Å². The molecule has 0 amide bonds. The zero-order valence-electron chi connectivity index (χ0n) is 19.1. The van der Waals surface area contributed by atoms with Gasteiger partial charge in [0.15, 0.2) is 0 Å². The summed E-state index contributed by atoms with van der Waals surface area (Å²) in [6.45, 7) is 7.86. The summed E-state index contributed by atoms with van der Waals surface area (Å²) in [5, 5.41) is 0. The highest BCUT2D eigenvalue weighted by Crippen LogP contribution is 2.44. The molecule has 0 bridgehead atoms. The van der Waals surface area contributed by atoms with Gasteiger partial charge in [-0.15, -0.1) is 0 Å². The second-order valence-electron chi connectivity index (χ2n) is 7.90. The van der Waals surface area contributed by atoms with E-state index in [-0.39, 0.29) is 0 Å². The van der Waals surface area contributed by atoms with Gasteiger partial charge < -0.3 is 19.1 Å². The standard InChI is InChI=1S/C24H32N2O5/c1-16-8-6-7-9-18(16)21-20(23(27)29-4)17(2)25(3)19(22(21)24(28)30-5)10-11-26-12-14-31-15-13-26/h6-9,21H,10-15H2,1-5H3. The molecule has 3 rings (SSSR count). The van der Waals surface area contributed by atoms with Crippen LogP contribution in [0.2, 0.25) is 0 Å². The number of nitrogens with zero attached hydrogens (tertiary/aromatic N) is 2. The van der Waals surface area contributed by atoms with Crippen molar-refractivity contribution >= 4 is 11.9 Å². The molecule has 168 valence electrons. The van der Waals surface area contributed by atoms with Crippen LogP contribution >= 0.6 is 0 Å². The van der Waals surface area contributed by atoms with Gasteiger partial charge >= 0.3 is 11.9 Å². The van der Waals surface area contributed by atoms with Crippen molar-refractivity contribution in [2.75, 3.05) is 54.1 Å². The fourth-order valence-electron chi connectivity index (χ4n) is 4.42. The van der Waals surface area contributed by atoms with Crippen molar-refractivity contribution in [3.63, 3.8) is 0 Å². The van der Waals surface area contributed by atoms with E-state index in [1.165, 1.54) is 14.2 Å². The Kier molecular flexibility index (Phi) is 7.51. The second-order valence-corrected chi connectivity index (χ2v) is 7.90. The molecule has 0 N–H and O–H groups in total. The number of rotatable bonds is 6. The largest absolute Gasteiger partial charge is 0.466 e. The van der Waals surface area contributed by atoms with Gasteiger partial charge in [0, 0.05) is 44.5 Å². The highest BCUT2D eigenvalue weighted by atomic mass is 16.5. The summed E-state index contributed by atoms with van der Waals surface area (Å²) in [6.07, 6.45) is 0.662. The van der Waals surface area contributed by atoms with Crippen LogP contribution in [0.4, 0.5) is 0 Å². The Morgan fingerprint density at radius 3 is 2.26 bits per heavy atom. The summed E-state index contributed by atoms with van der Waals surface area (Å²) in [4.78, 5) is 30.3. The molecule has 31 heavy (non-hydrogen) atoms. The Morgan fingerprint density at radius 1 is 1.03 bits per heavy atom. The number of methoxy groups -OCH3 is 2. The number of carbonyl (C=O) groups excluding carboxylic acids is 2. The van der Waals surface area contributed by atoms with Crippen LogP contribution in [0.25, 0.3) is 0 Å². The van der Waals surface area contributed by atoms with Crippen LogP contribution in [-0.2, 0) is 23.8 Å². The average Bonchev–Trinajstić information content (AvgIpc) is 2.79. The molecule has 0 aliphatic carbocycles. The first-order valence-electron chi connectivity index (χ1n) is 10.6. The lowest BCUT2D eigenvalue weighted by Gasteiger charge is -2.38. The molecule has 1 saturated heterocycles. The first kappa shape index (κ1) is 23.0. The van der Waals surface area contributed by atoms with E-state index >= 15 is 0 Å². The minimum absolute atomic E-state index is 0.425. The number of morpholine rings is 1. The summed E-state index contributed by atoms with van der Waals surface area (Å²) in [6, 6.07) is 7.82. The number of benzene rings is 1. The third-order valence-electron chi connectivity index (χ3n) is 6.26. The van der Waals surface area contributed by atoms with Gasteiger partial charge in [0.25, 0.3) is 0 Å². The summed E-state index contributed by atoms with van der Waals surface area (Å²) in [5.41, 5.74) is 4.52. The van der Waals surface area contributed by atoms with Crippen LogP contribution in [0.5, 0.6) is 0 Å². The molecule has 2 aliphatic rings. The summed E-state index contributed by atoms with van der Waals surface area (Å²) < 4.78 is 15.8. The number of hydrogen-bond acceptors (Lipinski definition) is 7. The number of allylic oxidation sites excluding steroid dienone is 1. The fourth-order valence-corrected chi connectivity index (χ4v) is 4.42. The molecule has 1 aromatic carbocycles. The van der Waals surface area contributed by atoms with Crippen LogP contribution < -0.4 is 0 Å². The molecule has 2 heterocycles. The minimum atomic E-state index is -0.544.